The molecule has 1 rings (SSSR count). The third kappa shape index (κ3) is 5.25. The summed E-state index contributed by atoms with van der Waals surface area (Å²) in [7, 11) is 0. The van der Waals surface area contributed by atoms with E-state index in [4.69, 9.17) is 0 Å². The van der Waals surface area contributed by atoms with Crippen LogP contribution in [0.15, 0.2) is 0 Å². The fraction of sp³-hybridized carbons (Fsp3) is 1.00. The highest BCUT2D eigenvalue weighted by atomic mass is 15.3. The van der Waals surface area contributed by atoms with Crippen molar-refractivity contribution >= 4 is 0 Å². The summed E-state index contributed by atoms with van der Waals surface area (Å²) in [6, 6.07) is 0.631. The zero-order chi connectivity index (χ0) is 13.6. The fourth-order valence-electron chi connectivity index (χ4n) is 2.73. The molecule has 1 aliphatic rings. The predicted octanol–water partition coefficient (Wildman–Crippen LogP) is 2.04. The maximum absolute atomic E-state index is 3.65. The molecule has 0 radical (unpaired) electrons. The van der Waals surface area contributed by atoms with Gasteiger partial charge in [0.1, 0.15) is 0 Å². The maximum atomic E-state index is 3.65. The lowest BCUT2D eigenvalue weighted by atomic mass is 9.84. The topological polar surface area (TPSA) is 18.5 Å². The van der Waals surface area contributed by atoms with Gasteiger partial charge in [0.25, 0.3) is 0 Å². The monoisotopic (exact) mass is 255 g/mol. The SMILES string of the molecule is CCNC(CCN1CCN(CC)CC1)C(C)(C)C. The largest absolute Gasteiger partial charge is 0.314 e. The van der Waals surface area contributed by atoms with Gasteiger partial charge in [0.15, 0.2) is 0 Å². The number of likely N-dealkylation sites (N-methyl/N-ethyl adjacent to an activating group) is 1. The standard InChI is InChI=1S/C15H33N3/c1-6-16-14(15(3,4)5)8-9-18-12-10-17(7-2)11-13-18/h14,16H,6-13H2,1-5H3. The van der Waals surface area contributed by atoms with Crippen molar-refractivity contribution in [1.82, 2.24) is 15.1 Å². The molecule has 1 N–H and O–H groups in total. The van der Waals surface area contributed by atoms with Gasteiger partial charge in [-0.2, -0.15) is 0 Å². The molecule has 1 fully saturated rings. The van der Waals surface area contributed by atoms with Crippen LogP contribution in [0.2, 0.25) is 0 Å². The predicted molar refractivity (Wildman–Crippen MR) is 80.1 cm³/mol. The Morgan fingerprint density at radius 2 is 1.56 bits per heavy atom. The van der Waals surface area contributed by atoms with Crippen molar-refractivity contribution in [3.63, 3.8) is 0 Å². The second-order valence-corrected chi connectivity index (χ2v) is 6.54. The van der Waals surface area contributed by atoms with Crippen molar-refractivity contribution < 1.29 is 0 Å². The minimum Gasteiger partial charge on any atom is -0.314 e. The van der Waals surface area contributed by atoms with Gasteiger partial charge >= 0.3 is 0 Å². The molecule has 1 atom stereocenters. The zero-order valence-corrected chi connectivity index (χ0v) is 13.1. The fourth-order valence-corrected chi connectivity index (χ4v) is 2.73. The van der Waals surface area contributed by atoms with Crippen molar-refractivity contribution in [1.29, 1.82) is 0 Å². The lowest BCUT2D eigenvalue weighted by Gasteiger charge is -2.37. The molecule has 3 heteroatoms. The van der Waals surface area contributed by atoms with Gasteiger partial charge in [-0.05, 0) is 31.5 Å². The van der Waals surface area contributed by atoms with E-state index in [1.807, 2.05) is 0 Å². The molecule has 0 saturated carbocycles. The van der Waals surface area contributed by atoms with Gasteiger partial charge < -0.3 is 15.1 Å². The number of hydrogen-bond donors (Lipinski definition) is 1. The van der Waals surface area contributed by atoms with E-state index in [-0.39, 0.29) is 0 Å². The summed E-state index contributed by atoms with van der Waals surface area (Å²) in [5.41, 5.74) is 0.362. The van der Waals surface area contributed by atoms with Gasteiger partial charge in [0.05, 0.1) is 0 Å². The molecular weight excluding hydrogens is 222 g/mol. The van der Waals surface area contributed by atoms with E-state index in [2.05, 4.69) is 49.7 Å². The molecule has 1 saturated heterocycles. The normalized spacial score (nSPS) is 21.2. The van der Waals surface area contributed by atoms with Crippen LogP contribution in [0.5, 0.6) is 0 Å². The maximum Gasteiger partial charge on any atom is 0.0128 e. The average molecular weight is 255 g/mol. The van der Waals surface area contributed by atoms with Gasteiger partial charge in [-0.25, -0.2) is 0 Å². The summed E-state index contributed by atoms with van der Waals surface area (Å²) in [5, 5.41) is 3.65. The quantitative estimate of drug-likeness (QED) is 0.783. The van der Waals surface area contributed by atoms with E-state index >= 15 is 0 Å². The highest BCUT2D eigenvalue weighted by Gasteiger charge is 2.24. The van der Waals surface area contributed by atoms with Gasteiger partial charge in [-0.3, -0.25) is 0 Å². The first kappa shape index (κ1) is 15.9. The molecule has 108 valence electrons. The Balaban J connectivity index is 2.30. The Labute approximate surface area is 114 Å². The molecule has 0 aromatic heterocycles. The van der Waals surface area contributed by atoms with Crippen LogP contribution in [-0.2, 0) is 0 Å². The Hall–Kier alpha value is -0.120. The highest BCUT2D eigenvalue weighted by Crippen LogP contribution is 2.22. The van der Waals surface area contributed by atoms with Crippen LogP contribution in [0.4, 0.5) is 0 Å². The first-order chi connectivity index (χ1) is 8.47. The number of nitrogens with zero attached hydrogens (tertiary/aromatic N) is 2. The van der Waals surface area contributed by atoms with Crippen LogP contribution < -0.4 is 5.32 Å². The first-order valence-electron chi connectivity index (χ1n) is 7.65. The minimum atomic E-state index is 0.362. The third-order valence-corrected chi connectivity index (χ3v) is 4.14. The summed E-state index contributed by atoms with van der Waals surface area (Å²) in [5.74, 6) is 0. The Morgan fingerprint density at radius 3 is 2.00 bits per heavy atom. The van der Waals surface area contributed by atoms with Crippen LogP contribution in [0.1, 0.15) is 41.0 Å². The van der Waals surface area contributed by atoms with E-state index in [0.29, 0.717) is 11.5 Å². The van der Waals surface area contributed by atoms with Crippen molar-refractivity contribution in [3.05, 3.63) is 0 Å². The lowest BCUT2D eigenvalue weighted by molar-refractivity contribution is 0.124. The smallest absolute Gasteiger partial charge is 0.0128 e. The molecule has 1 heterocycles. The summed E-state index contributed by atoms with van der Waals surface area (Å²) < 4.78 is 0. The second-order valence-electron chi connectivity index (χ2n) is 6.54. The summed E-state index contributed by atoms with van der Waals surface area (Å²) >= 11 is 0. The Bertz CT molecular complexity index is 214. The summed E-state index contributed by atoms with van der Waals surface area (Å²) in [6.07, 6.45) is 1.27. The van der Waals surface area contributed by atoms with Gasteiger partial charge in [-0.15, -0.1) is 0 Å². The first-order valence-corrected chi connectivity index (χ1v) is 7.65. The summed E-state index contributed by atoms with van der Waals surface area (Å²) in [4.78, 5) is 5.17. The van der Waals surface area contributed by atoms with Crippen LogP contribution in [0.25, 0.3) is 0 Å². The van der Waals surface area contributed by atoms with Crippen molar-refractivity contribution in [3.8, 4) is 0 Å². The van der Waals surface area contributed by atoms with E-state index < -0.39 is 0 Å². The van der Waals surface area contributed by atoms with Crippen LogP contribution in [-0.4, -0.2) is 61.7 Å². The molecule has 0 spiro atoms. The molecule has 0 amide bonds. The molecule has 0 aromatic carbocycles. The molecule has 3 nitrogen and oxygen atoms in total. The molecule has 0 aromatic rings. The van der Waals surface area contributed by atoms with Gasteiger partial charge in [0.2, 0.25) is 0 Å². The van der Waals surface area contributed by atoms with Crippen LogP contribution in [0, 0.1) is 5.41 Å². The van der Waals surface area contributed by atoms with Gasteiger partial charge in [-0.1, -0.05) is 34.6 Å². The number of nitrogens with one attached hydrogen (secondary N) is 1. The van der Waals surface area contributed by atoms with E-state index in [1.54, 1.807) is 0 Å². The molecule has 1 aliphatic heterocycles. The number of hydrogen-bond acceptors (Lipinski definition) is 3. The van der Waals surface area contributed by atoms with E-state index in [1.165, 1.54) is 45.7 Å². The third-order valence-electron chi connectivity index (χ3n) is 4.14. The van der Waals surface area contributed by atoms with Gasteiger partial charge in [0, 0.05) is 32.2 Å². The number of piperazine rings is 1. The molecule has 1 unspecified atom stereocenters. The Morgan fingerprint density at radius 1 is 1.00 bits per heavy atom. The van der Waals surface area contributed by atoms with Crippen LogP contribution >= 0.6 is 0 Å². The minimum absolute atomic E-state index is 0.362. The lowest BCUT2D eigenvalue weighted by Crippen LogP contribution is -2.48. The molecule has 0 bridgehead atoms. The average Bonchev–Trinajstić information content (AvgIpc) is 2.33. The Kier molecular flexibility index (Phi) is 6.61. The highest BCUT2D eigenvalue weighted by molar-refractivity contribution is 4.82. The molecule has 0 aliphatic carbocycles. The van der Waals surface area contributed by atoms with Crippen molar-refractivity contribution in [2.45, 2.75) is 47.1 Å². The van der Waals surface area contributed by atoms with Crippen LogP contribution in [0.3, 0.4) is 0 Å². The number of rotatable bonds is 6. The van der Waals surface area contributed by atoms with Crippen molar-refractivity contribution in [2.75, 3.05) is 45.8 Å². The second kappa shape index (κ2) is 7.46. The molecule has 18 heavy (non-hydrogen) atoms. The van der Waals surface area contributed by atoms with Crippen molar-refractivity contribution in [2.24, 2.45) is 5.41 Å². The summed E-state index contributed by atoms with van der Waals surface area (Å²) in [6.45, 7) is 20.0. The molecular formula is C15H33N3. The zero-order valence-electron chi connectivity index (χ0n) is 13.1. The van der Waals surface area contributed by atoms with E-state index in [9.17, 15) is 0 Å². The van der Waals surface area contributed by atoms with E-state index in [0.717, 1.165) is 6.54 Å².